The van der Waals surface area contributed by atoms with Crippen molar-refractivity contribution in [3.8, 4) is 22.9 Å². The fraction of sp³-hybridized carbons (Fsp3) is 0.286. The monoisotopic (exact) mass is 409 g/mol. The number of fused-ring (bicyclic) bond motifs is 1. The number of pyridine rings is 1. The zero-order valence-corrected chi connectivity index (χ0v) is 16.2. The Kier molecular flexibility index (Phi) is 5.69. The summed E-state index contributed by atoms with van der Waals surface area (Å²) in [7, 11) is 0. The Hall–Kier alpha value is -3.75. The first-order chi connectivity index (χ1) is 14.6. The molecule has 1 atom stereocenters. The highest BCUT2D eigenvalue weighted by Gasteiger charge is 2.21. The zero-order chi connectivity index (χ0) is 20.9. The molecule has 3 heterocycles. The summed E-state index contributed by atoms with van der Waals surface area (Å²) in [6, 6.07) is 8.53. The highest BCUT2D eigenvalue weighted by Crippen LogP contribution is 2.31. The van der Waals surface area contributed by atoms with Gasteiger partial charge in [0.15, 0.2) is 23.4 Å². The van der Waals surface area contributed by atoms with Crippen LogP contribution in [-0.2, 0) is 9.53 Å². The van der Waals surface area contributed by atoms with E-state index >= 15 is 0 Å². The predicted molar refractivity (Wildman–Crippen MR) is 103 cm³/mol. The minimum absolute atomic E-state index is 0.00989. The molecule has 0 saturated heterocycles. The Morgan fingerprint density at radius 3 is 2.77 bits per heavy atom. The maximum atomic E-state index is 12.4. The summed E-state index contributed by atoms with van der Waals surface area (Å²) in [5, 5.41) is 3.87. The van der Waals surface area contributed by atoms with Gasteiger partial charge in [0.2, 0.25) is 5.82 Å². The Labute approximate surface area is 172 Å². The van der Waals surface area contributed by atoms with Crippen LogP contribution in [0.2, 0.25) is 0 Å². The van der Waals surface area contributed by atoms with Crippen molar-refractivity contribution in [3.05, 3.63) is 54.2 Å². The number of carbonyl (C=O) groups is 2. The third-order valence-corrected chi connectivity index (χ3v) is 4.44. The topological polar surface area (TPSA) is 114 Å². The Balaban J connectivity index is 1.30. The van der Waals surface area contributed by atoms with Gasteiger partial charge in [0, 0.05) is 29.9 Å². The van der Waals surface area contributed by atoms with Gasteiger partial charge in [0.1, 0.15) is 13.2 Å². The maximum Gasteiger partial charge on any atom is 0.307 e. The van der Waals surface area contributed by atoms with Crippen molar-refractivity contribution in [2.24, 2.45) is 0 Å². The van der Waals surface area contributed by atoms with Gasteiger partial charge in [-0.25, -0.2) is 0 Å². The van der Waals surface area contributed by atoms with E-state index in [9.17, 15) is 9.59 Å². The molecule has 0 amide bonds. The highest BCUT2D eigenvalue weighted by atomic mass is 16.6. The van der Waals surface area contributed by atoms with Gasteiger partial charge in [-0.15, -0.1) is 0 Å². The maximum absolute atomic E-state index is 12.4. The van der Waals surface area contributed by atoms with E-state index in [-0.39, 0.29) is 24.5 Å². The number of carbonyl (C=O) groups excluding carboxylic acids is 2. The van der Waals surface area contributed by atoms with E-state index in [4.69, 9.17) is 18.7 Å². The first-order valence-electron chi connectivity index (χ1n) is 9.46. The smallest absolute Gasteiger partial charge is 0.307 e. The number of nitrogens with zero attached hydrogens (tertiary/aromatic N) is 3. The molecule has 4 rings (SSSR count). The second-order valence-corrected chi connectivity index (χ2v) is 6.61. The molecule has 0 bridgehead atoms. The van der Waals surface area contributed by atoms with Crippen LogP contribution in [0.5, 0.6) is 11.5 Å². The minimum Gasteiger partial charge on any atom is -0.486 e. The lowest BCUT2D eigenvalue weighted by atomic mass is 10.1. The van der Waals surface area contributed by atoms with Crippen molar-refractivity contribution in [3.63, 3.8) is 0 Å². The van der Waals surface area contributed by atoms with Crippen LogP contribution < -0.4 is 9.47 Å². The van der Waals surface area contributed by atoms with Crippen LogP contribution in [0, 0.1) is 0 Å². The van der Waals surface area contributed by atoms with Crippen LogP contribution in [0.15, 0.2) is 47.2 Å². The Morgan fingerprint density at radius 2 is 1.97 bits per heavy atom. The quantitative estimate of drug-likeness (QED) is 0.429. The standard InChI is InChI=1S/C21H19N3O6/c1-13(21-23-20(24-30-21)15-3-2-8-22-12-15)29-19(26)7-5-16(25)14-4-6-17-18(11-14)28-10-9-27-17/h2-4,6,8,11-13H,5,7,9-10H2,1H3. The molecule has 0 saturated carbocycles. The van der Waals surface area contributed by atoms with Gasteiger partial charge in [0.05, 0.1) is 6.42 Å². The van der Waals surface area contributed by atoms with Gasteiger partial charge in [-0.1, -0.05) is 5.16 Å². The van der Waals surface area contributed by atoms with Crippen molar-refractivity contribution in [1.82, 2.24) is 15.1 Å². The second kappa shape index (κ2) is 8.73. The third kappa shape index (κ3) is 4.45. The number of esters is 1. The summed E-state index contributed by atoms with van der Waals surface area (Å²) in [5.74, 6) is 0.943. The molecule has 9 nitrogen and oxygen atoms in total. The van der Waals surface area contributed by atoms with E-state index in [1.165, 1.54) is 0 Å². The number of hydrogen-bond acceptors (Lipinski definition) is 9. The number of benzene rings is 1. The SMILES string of the molecule is CC(OC(=O)CCC(=O)c1ccc2c(c1)OCCO2)c1nc(-c2cccnc2)no1. The molecule has 1 unspecified atom stereocenters. The molecule has 0 radical (unpaired) electrons. The molecule has 3 aromatic rings. The second-order valence-electron chi connectivity index (χ2n) is 6.61. The molecular weight excluding hydrogens is 390 g/mol. The van der Waals surface area contributed by atoms with Crippen LogP contribution >= 0.6 is 0 Å². The van der Waals surface area contributed by atoms with Crippen molar-refractivity contribution in [2.75, 3.05) is 13.2 Å². The van der Waals surface area contributed by atoms with Crippen molar-refractivity contribution >= 4 is 11.8 Å². The van der Waals surface area contributed by atoms with Gasteiger partial charge >= 0.3 is 5.97 Å². The molecule has 1 aromatic carbocycles. The summed E-state index contributed by atoms with van der Waals surface area (Å²) in [6.45, 7) is 2.54. The summed E-state index contributed by atoms with van der Waals surface area (Å²) in [4.78, 5) is 32.8. The Bertz CT molecular complexity index is 1050. The minimum atomic E-state index is -0.736. The fourth-order valence-corrected chi connectivity index (χ4v) is 2.90. The lowest BCUT2D eigenvalue weighted by Gasteiger charge is -2.18. The van der Waals surface area contributed by atoms with Gasteiger partial charge in [-0.3, -0.25) is 14.6 Å². The van der Waals surface area contributed by atoms with Crippen LogP contribution in [0.3, 0.4) is 0 Å². The molecule has 154 valence electrons. The zero-order valence-electron chi connectivity index (χ0n) is 16.2. The summed E-state index contributed by atoms with van der Waals surface area (Å²) >= 11 is 0. The molecular formula is C21H19N3O6. The van der Waals surface area contributed by atoms with E-state index in [2.05, 4.69) is 15.1 Å². The highest BCUT2D eigenvalue weighted by molar-refractivity contribution is 5.98. The molecule has 2 aromatic heterocycles. The van der Waals surface area contributed by atoms with E-state index in [0.717, 1.165) is 0 Å². The number of ether oxygens (including phenoxy) is 3. The van der Waals surface area contributed by atoms with Crippen molar-refractivity contribution in [2.45, 2.75) is 25.9 Å². The normalized spacial score (nSPS) is 13.5. The van der Waals surface area contributed by atoms with Gasteiger partial charge in [-0.2, -0.15) is 4.98 Å². The van der Waals surface area contributed by atoms with Crippen LogP contribution in [0.1, 0.15) is 42.1 Å². The number of hydrogen-bond donors (Lipinski definition) is 0. The number of rotatable bonds is 7. The van der Waals surface area contributed by atoms with Crippen molar-refractivity contribution < 1.29 is 28.3 Å². The third-order valence-electron chi connectivity index (χ3n) is 4.44. The first kappa shape index (κ1) is 19.6. The number of aromatic nitrogens is 3. The van der Waals surface area contributed by atoms with E-state index in [1.54, 1.807) is 49.6 Å². The lowest BCUT2D eigenvalue weighted by molar-refractivity contribution is -0.149. The number of Topliss-reactive ketones (excluding diaryl/α,β-unsaturated/α-hetero) is 1. The molecule has 1 aliphatic rings. The summed E-state index contributed by atoms with van der Waals surface area (Å²) < 4.78 is 21.4. The van der Waals surface area contributed by atoms with E-state index < -0.39 is 12.1 Å². The molecule has 1 aliphatic heterocycles. The first-order valence-corrected chi connectivity index (χ1v) is 9.46. The molecule has 0 aliphatic carbocycles. The van der Waals surface area contributed by atoms with Gasteiger partial charge in [-0.05, 0) is 37.3 Å². The fourth-order valence-electron chi connectivity index (χ4n) is 2.90. The van der Waals surface area contributed by atoms with Crippen LogP contribution in [0.4, 0.5) is 0 Å². The molecule has 0 N–H and O–H groups in total. The van der Waals surface area contributed by atoms with Crippen LogP contribution in [0.25, 0.3) is 11.4 Å². The van der Waals surface area contributed by atoms with Gasteiger partial charge in [0.25, 0.3) is 5.89 Å². The molecule has 0 fully saturated rings. The van der Waals surface area contributed by atoms with E-state index in [1.807, 2.05) is 0 Å². The molecule has 0 spiro atoms. The number of ketones is 1. The lowest BCUT2D eigenvalue weighted by Crippen LogP contribution is -2.16. The largest absolute Gasteiger partial charge is 0.486 e. The molecule has 9 heteroatoms. The van der Waals surface area contributed by atoms with E-state index in [0.29, 0.717) is 41.7 Å². The summed E-state index contributed by atoms with van der Waals surface area (Å²) in [5.41, 5.74) is 1.15. The average Bonchev–Trinajstić information content (AvgIpc) is 3.28. The van der Waals surface area contributed by atoms with Crippen molar-refractivity contribution in [1.29, 1.82) is 0 Å². The predicted octanol–water partition coefficient (Wildman–Crippen LogP) is 3.17. The molecule has 30 heavy (non-hydrogen) atoms. The van der Waals surface area contributed by atoms with Crippen LogP contribution in [-0.4, -0.2) is 40.1 Å². The average molecular weight is 409 g/mol. The summed E-state index contributed by atoms with van der Waals surface area (Å²) in [6.07, 6.45) is 2.45. The van der Waals surface area contributed by atoms with Gasteiger partial charge < -0.3 is 18.7 Å². The Morgan fingerprint density at radius 1 is 1.13 bits per heavy atom.